The number of phenolic OH excluding ortho intramolecular Hbond substituents is 3. The van der Waals surface area contributed by atoms with Gasteiger partial charge in [0.1, 0.15) is 36.1 Å². The molecule has 0 saturated heterocycles. The van der Waals surface area contributed by atoms with Gasteiger partial charge in [0.2, 0.25) is 0 Å². The van der Waals surface area contributed by atoms with E-state index in [1.165, 1.54) is 54.6 Å². The Bertz CT molecular complexity index is 934. The van der Waals surface area contributed by atoms with Crippen LogP contribution in [0.2, 0.25) is 0 Å². The summed E-state index contributed by atoms with van der Waals surface area (Å²) in [4.78, 5) is 33.7. The van der Waals surface area contributed by atoms with Crippen LogP contribution in [0.4, 0.5) is 0 Å². The molecule has 0 aromatic heterocycles. The summed E-state index contributed by atoms with van der Waals surface area (Å²) in [6.07, 6.45) is 1.80. The van der Waals surface area contributed by atoms with Crippen molar-refractivity contribution in [2.75, 3.05) is 0 Å². The number of carbonyl (C=O) groups excluding carboxylic acids is 3. The Kier molecular flexibility index (Phi) is 5.22. The van der Waals surface area contributed by atoms with Crippen molar-refractivity contribution in [3.63, 3.8) is 0 Å². The lowest BCUT2D eigenvalue weighted by atomic mass is 9.82. The fourth-order valence-electron chi connectivity index (χ4n) is 3.14. The summed E-state index contributed by atoms with van der Waals surface area (Å²) >= 11 is 0. The van der Waals surface area contributed by atoms with Gasteiger partial charge in [0.25, 0.3) is 0 Å². The standard InChI is InChI=1S/C22H16O6/c23-10-13-1-4-19(26)16(7-13)22(17-8-14(11-24)2-5-20(17)27)18-9-15(12-25)3-6-21(18)28/h1-12,22,26-28H. The Morgan fingerprint density at radius 3 is 1.07 bits per heavy atom. The molecule has 6 nitrogen and oxygen atoms in total. The van der Waals surface area contributed by atoms with Crippen molar-refractivity contribution in [3.05, 3.63) is 88.0 Å². The summed E-state index contributed by atoms with van der Waals surface area (Å²) < 4.78 is 0. The fraction of sp³-hybridized carbons (Fsp3) is 0.0455. The van der Waals surface area contributed by atoms with Gasteiger partial charge in [-0.25, -0.2) is 0 Å². The predicted octanol–water partition coefficient (Wildman–Crippen LogP) is 3.42. The van der Waals surface area contributed by atoms with Gasteiger partial charge in [0.05, 0.1) is 0 Å². The van der Waals surface area contributed by atoms with Gasteiger partial charge in [0, 0.05) is 39.3 Å². The van der Waals surface area contributed by atoms with Crippen LogP contribution >= 0.6 is 0 Å². The molecular weight excluding hydrogens is 360 g/mol. The maximum absolute atomic E-state index is 11.2. The lowest BCUT2D eigenvalue weighted by molar-refractivity contribution is 0.111. The van der Waals surface area contributed by atoms with Crippen molar-refractivity contribution in [2.24, 2.45) is 0 Å². The lowest BCUT2D eigenvalue weighted by Crippen LogP contribution is -2.07. The minimum absolute atomic E-state index is 0.178. The van der Waals surface area contributed by atoms with Crippen LogP contribution in [0.5, 0.6) is 17.2 Å². The van der Waals surface area contributed by atoms with E-state index < -0.39 is 5.92 Å². The Hall–Kier alpha value is -3.93. The number of rotatable bonds is 6. The Morgan fingerprint density at radius 1 is 0.536 bits per heavy atom. The normalized spacial score (nSPS) is 10.6. The smallest absolute Gasteiger partial charge is 0.150 e. The molecule has 28 heavy (non-hydrogen) atoms. The van der Waals surface area contributed by atoms with Crippen LogP contribution in [0.25, 0.3) is 0 Å². The number of aromatic hydroxyl groups is 3. The van der Waals surface area contributed by atoms with Crippen molar-refractivity contribution >= 4 is 18.9 Å². The van der Waals surface area contributed by atoms with Crippen LogP contribution in [0.1, 0.15) is 53.7 Å². The summed E-state index contributed by atoms with van der Waals surface area (Å²) in [7, 11) is 0. The fourth-order valence-corrected chi connectivity index (χ4v) is 3.14. The monoisotopic (exact) mass is 376 g/mol. The van der Waals surface area contributed by atoms with Crippen molar-refractivity contribution in [3.8, 4) is 17.2 Å². The van der Waals surface area contributed by atoms with E-state index in [2.05, 4.69) is 0 Å². The Balaban J connectivity index is 2.37. The average Bonchev–Trinajstić information content (AvgIpc) is 2.72. The summed E-state index contributed by atoms with van der Waals surface area (Å²) in [5, 5.41) is 31.3. The second-order valence-corrected chi connectivity index (χ2v) is 6.24. The minimum Gasteiger partial charge on any atom is -0.508 e. The van der Waals surface area contributed by atoms with Gasteiger partial charge >= 0.3 is 0 Å². The molecule has 0 saturated carbocycles. The van der Waals surface area contributed by atoms with E-state index in [0.29, 0.717) is 18.9 Å². The molecule has 0 aliphatic carbocycles. The number of benzene rings is 3. The topological polar surface area (TPSA) is 112 Å². The third-order valence-electron chi connectivity index (χ3n) is 4.50. The first-order valence-corrected chi connectivity index (χ1v) is 8.32. The molecule has 0 bridgehead atoms. The molecule has 0 atom stereocenters. The highest BCUT2D eigenvalue weighted by Gasteiger charge is 2.26. The molecule has 0 aliphatic heterocycles. The van der Waals surface area contributed by atoms with E-state index >= 15 is 0 Å². The Morgan fingerprint density at radius 2 is 0.821 bits per heavy atom. The summed E-state index contributed by atoms with van der Waals surface area (Å²) in [5.74, 6) is -1.48. The summed E-state index contributed by atoms with van der Waals surface area (Å²) in [6.45, 7) is 0. The lowest BCUT2D eigenvalue weighted by Gasteiger charge is -2.22. The molecule has 0 radical (unpaired) electrons. The molecule has 3 aromatic carbocycles. The van der Waals surface area contributed by atoms with Gasteiger partial charge in [-0.1, -0.05) is 0 Å². The van der Waals surface area contributed by atoms with E-state index in [9.17, 15) is 29.7 Å². The van der Waals surface area contributed by atoms with Crippen LogP contribution in [0.3, 0.4) is 0 Å². The number of phenols is 3. The van der Waals surface area contributed by atoms with Crippen molar-refractivity contribution < 1.29 is 29.7 Å². The SMILES string of the molecule is O=Cc1ccc(O)c(C(c2cc(C=O)ccc2O)c2cc(C=O)ccc2O)c1. The van der Waals surface area contributed by atoms with Crippen LogP contribution < -0.4 is 0 Å². The van der Waals surface area contributed by atoms with Gasteiger partial charge in [-0.05, 0) is 54.6 Å². The predicted molar refractivity (Wildman–Crippen MR) is 101 cm³/mol. The van der Waals surface area contributed by atoms with Crippen LogP contribution in [0.15, 0.2) is 54.6 Å². The maximum Gasteiger partial charge on any atom is 0.150 e. The second kappa shape index (κ2) is 7.75. The summed E-state index contributed by atoms with van der Waals surface area (Å²) in [6, 6.07) is 12.5. The third kappa shape index (κ3) is 3.48. The van der Waals surface area contributed by atoms with Gasteiger partial charge < -0.3 is 15.3 Å². The van der Waals surface area contributed by atoms with Gasteiger partial charge in [0.15, 0.2) is 0 Å². The first-order valence-electron chi connectivity index (χ1n) is 8.32. The first-order chi connectivity index (χ1) is 13.5. The highest BCUT2D eigenvalue weighted by Crippen LogP contribution is 2.44. The highest BCUT2D eigenvalue weighted by atomic mass is 16.3. The van der Waals surface area contributed by atoms with E-state index in [1.54, 1.807) is 0 Å². The van der Waals surface area contributed by atoms with Crippen LogP contribution in [0, 0.1) is 0 Å². The van der Waals surface area contributed by atoms with Crippen LogP contribution in [-0.4, -0.2) is 34.2 Å². The molecule has 0 unspecified atom stereocenters. The number of hydrogen-bond acceptors (Lipinski definition) is 6. The van der Waals surface area contributed by atoms with Gasteiger partial charge in [-0.3, -0.25) is 14.4 Å². The first kappa shape index (κ1) is 18.8. The molecule has 140 valence electrons. The third-order valence-corrected chi connectivity index (χ3v) is 4.50. The largest absolute Gasteiger partial charge is 0.508 e. The van der Waals surface area contributed by atoms with Crippen molar-refractivity contribution in [1.82, 2.24) is 0 Å². The second-order valence-electron chi connectivity index (χ2n) is 6.24. The quantitative estimate of drug-likeness (QED) is 0.449. The minimum atomic E-state index is -0.945. The maximum atomic E-state index is 11.2. The molecule has 3 N–H and O–H groups in total. The molecule has 6 heteroatoms. The number of hydrogen-bond donors (Lipinski definition) is 3. The van der Waals surface area contributed by atoms with Crippen molar-refractivity contribution in [1.29, 1.82) is 0 Å². The summed E-state index contributed by atoms with van der Waals surface area (Å²) in [5.41, 5.74) is 1.49. The zero-order valence-electron chi connectivity index (χ0n) is 14.6. The van der Waals surface area contributed by atoms with Crippen molar-refractivity contribution in [2.45, 2.75) is 5.92 Å². The van der Waals surface area contributed by atoms with E-state index in [4.69, 9.17) is 0 Å². The molecule has 3 rings (SSSR count). The molecule has 0 spiro atoms. The van der Waals surface area contributed by atoms with E-state index in [1.807, 2.05) is 0 Å². The Labute approximate surface area is 160 Å². The molecule has 0 fully saturated rings. The number of carbonyl (C=O) groups is 3. The molecule has 3 aromatic rings. The highest BCUT2D eigenvalue weighted by molar-refractivity contribution is 5.79. The number of aldehydes is 3. The molecule has 0 aliphatic rings. The average molecular weight is 376 g/mol. The molecule has 0 amide bonds. The zero-order valence-corrected chi connectivity index (χ0v) is 14.6. The zero-order chi connectivity index (χ0) is 20.3. The van der Waals surface area contributed by atoms with Crippen LogP contribution in [-0.2, 0) is 0 Å². The van der Waals surface area contributed by atoms with E-state index in [-0.39, 0.29) is 50.6 Å². The molecular formula is C22H16O6. The van der Waals surface area contributed by atoms with Gasteiger partial charge in [-0.15, -0.1) is 0 Å². The van der Waals surface area contributed by atoms with E-state index in [0.717, 1.165) is 0 Å². The van der Waals surface area contributed by atoms with Gasteiger partial charge in [-0.2, -0.15) is 0 Å². The molecule has 0 heterocycles.